The van der Waals surface area contributed by atoms with Gasteiger partial charge in [-0.1, -0.05) is 12.1 Å². The maximum absolute atomic E-state index is 3.85. The van der Waals surface area contributed by atoms with Crippen molar-refractivity contribution in [2.75, 3.05) is 5.43 Å². The van der Waals surface area contributed by atoms with Crippen molar-refractivity contribution < 1.29 is 0 Å². The summed E-state index contributed by atoms with van der Waals surface area (Å²) in [4.78, 5) is 0. The molecule has 0 saturated heterocycles. The van der Waals surface area contributed by atoms with E-state index in [1.807, 2.05) is 18.2 Å². The molecule has 0 atom stereocenters. The van der Waals surface area contributed by atoms with Crippen LogP contribution in [0.15, 0.2) is 18.2 Å². The molecule has 2 nitrogen and oxygen atoms in total. The molecule has 1 aromatic rings. The van der Waals surface area contributed by atoms with Gasteiger partial charge in [-0.3, -0.25) is 0 Å². The van der Waals surface area contributed by atoms with Crippen LogP contribution in [0.3, 0.4) is 0 Å². The van der Waals surface area contributed by atoms with Crippen molar-refractivity contribution in [3.63, 3.8) is 0 Å². The molecular weight excluding hydrogens is 112 g/mol. The molecule has 42 valence electrons. The number of fused-ring (bicyclic) bond motifs is 1. The van der Waals surface area contributed by atoms with Crippen LogP contribution in [0.25, 0.3) is 0 Å². The van der Waals surface area contributed by atoms with E-state index in [0.717, 1.165) is 11.3 Å². The van der Waals surface area contributed by atoms with E-state index >= 15 is 0 Å². The number of nitrogens with zero attached hydrogens (tertiary/aromatic N) is 1. The highest BCUT2D eigenvalue weighted by Crippen LogP contribution is 2.12. The van der Waals surface area contributed by atoms with Crippen molar-refractivity contribution >= 4 is 11.9 Å². The van der Waals surface area contributed by atoms with Crippen LogP contribution in [0, 0.1) is 6.07 Å². The summed E-state index contributed by atoms with van der Waals surface area (Å²) in [5.41, 5.74) is 4.92. The highest BCUT2D eigenvalue weighted by atomic mass is 15.3. The minimum absolute atomic E-state index is 1.04. The average molecular weight is 117 g/mol. The van der Waals surface area contributed by atoms with Crippen LogP contribution in [0.1, 0.15) is 5.56 Å². The first-order valence-corrected chi connectivity index (χ1v) is 2.76. The predicted molar refractivity (Wildman–Crippen MR) is 36.2 cm³/mol. The monoisotopic (exact) mass is 117 g/mol. The lowest BCUT2D eigenvalue weighted by Crippen LogP contribution is -1.91. The van der Waals surface area contributed by atoms with Crippen LogP contribution >= 0.6 is 0 Å². The number of benzene rings is 1. The quantitative estimate of drug-likeness (QED) is 0.528. The maximum Gasteiger partial charge on any atom is 0.285 e. The molecule has 0 aliphatic carbocycles. The Morgan fingerprint density at radius 1 is 1.56 bits per heavy atom. The van der Waals surface area contributed by atoms with Gasteiger partial charge in [0.05, 0.1) is 5.56 Å². The van der Waals surface area contributed by atoms with E-state index < -0.39 is 0 Å². The van der Waals surface area contributed by atoms with Crippen LogP contribution in [-0.2, 0) is 0 Å². The lowest BCUT2D eigenvalue weighted by molar-refractivity contribution is 1.25. The fourth-order valence-electron chi connectivity index (χ4n) is 0.820. The molecular formula is C7H5N2+. The summed E-state index contributed by atoms with van der Waals surface area (Å²) in [7, 11) is 0. The molecule has 1 aliphatic rings. The number of nitrogens with one attached hydrogen (secondary N) is 1. The first kappa shape index (κ1) is 4.56. The van der Waals surface area contributed by atoms with Gasteiger partial charge < -0.3 is 0 Å². The number of rotatable bonds is 0. The van der Waals surface area contributed by atoms with Gasteiger partial charge >= 0.3 is 0 Å². The van der Waals surface area contributed by atoms with E-state index in [2.05, 4.69) is 16.6 Å². The summed E-state index contributed by atoms with van der Waals surface area (Å²) < 4.78 is 0. The van der Waals surface area contributed by atoms with E-state index in [-0.39, 0.29) is 0 Å². The first-order valence-electron chi connectivity index (χ1n) is 2.76. The van der Waals surface area contributed by atoms with Crippen LogP contribution in [-0.4, -0.2) is 6.21 Å². The van der Waals surface area contributed by atoms with Crippen molar-refractivity contribution in [3.8, 4) is 0 Å². The highest BCUT2D eigenvalue weighted by Gasteiger charge is 2.12. The smallest absolute Gasteiger partial charge is 0.100 e. The largest absolute Gasteiger partial charge is 0.285 e. The van der Waals surface area contributed by atoms with E-state index in [4.69, 9.17) is 0 Å². The minimum atomic E-state index is 1.04. The van der Waals surface area contributed by atoms with Gasteiger partial charge in [-0.25, -0.2) is 0 Å². The lowest BCUT2D eigenvalue weighted by Gasteiger charge is -1.85. The molecule has 0 saturated carbocycles. The van der Waals surface area contributed by atoms with Crippen molar-refractivity contribution in [3.05, 3.63) is 29.8 Å². The summed E-state index contributed by atoms with van der Waals surface area (Å²) in [6.45, 7) is 0. The Bertz CT molecular complexity index is 253. The van der Waals surface area contributed by atoms with Crippen LogP contribution < -0.4 is 10.5 Å². The second kappa shape index (κ2) is 1.58. The molecule has 0 fully saturated rings. The summed E-state index contributed by atoms with van der Waals surface area (Å²) in [5.74, 6) is 0. The molecule has 0 spiro atoms. The van der Waals surface area contributed by atoms with Crippen molar-refractivity contribution in [1.29, 1.82) is 0 Å². The summed E-state index contributed by atoms with van der Waals surface area (Å²) >= 11 is 0. The van der Waals surface area contributed by atoms with E-state index in [1.54, 1.807) is 6.21 Å². The molecule has 2 radical (unpaired) electrons. The van der Waals surface area contributed by atoms with Crippen LogP contribution in [0.4, 0.5) is 5.69 Å². The van der Waals surface area contributed by atoms with Crippen molar-refractivity contribution in [2.24, 2.45) is 0 Å². The van der Waals surface area contributed by atoms with Crippen LogP contribution in [0.5, 0.6) is 0 Å². The van der Waals surface area contributed by atoms with Crippen molar-refractivity contribution in [1.82, 2.24) is 5.10 Å². The van der Waals surface area contributed by atoms with Gasteiger partial charge in [-0.05, 0) is 12.1 Å². The van der Waals surface area contributed by atoms with Crippen LogP contribution in [0.2, 0.25) is 0 Å². The SMILES string of the molecule is [c]1cccc2c1C=[N+]N2. The Hall–Kier alpha value is -1.31. The second-order valence-electron chi connectivity index (χ2n) is 1.87. The Balaban J connectivity index is 2.63. The van der Waals surface area contributed by atoms with Gasteiger partial charge in [0, 0.05) is 0 Å². The van der Waals surface area contributed by atoms with E-state index in [0.29, 0.717) is 0 Å². The Morgan fingerprint density at radius 2 is 2.56 bits per heavy atom. The number of hydrazone groups is 1. The number of hydrogen-bond acceptors (Lipinski definition) is 2. The van der Waals surface area contributed by atoms with Crippen molar-refractivity contribution in [2.45, 2.75) is 0 Å². The Kier molecular flexibility index (Phi) is 0.803. The summed E-state index contributed by atoms with van der Waals surface area (Å²) in [5, 5.41) is 3.85. The molecule has 0 bridgehead atoms. The third-order valence-corrected chi connectivity index (χ3v) is 1.27. The molecule has 1 heterocycles. The Labute approximate surface area is 53.2 Å². The standard InChI is InChI=1S/C7H5N2/c1-2-4-7-6(3-1)5-8-9-7/h1-2,4-5,9H/q+1. The predicted octanol–water partition coefficient (Wildman–Crippen LogP) is 0.582. The molecule has 2 rings (SSSR count). The zero-order valence-corrected chi connectivity index (χ0v) is 4.76. The molecule has 2 heteroatoms. The molecule has 9 heavy (non-hydrogen) atoms. The Morgan fingerprint density at radius 3 is 3.44 bits per heavy atom. The van der Waals surface area contributed by atoms with Gasteiger partial charge in [-0.2, -0.15) is 0 Å². The van der Waals surface area contributed by atoms with E-state index in [1.165, 1.54) is 0 Å². The fraction of sp³-hybridized carbons (Fsp3) is 0. The fourth-order valence-corrected chi connectivity index (χ4v) is 0.820. The van der Waals surface area contributed by atoms with E-state index in [9.17, 15) is 0 Å². The molecule has 1 N–H and O–H groups in total. The second-order valence-corrected chi connectivity index (χ2v) is 1.87. The molecule has 0 amide bonds. The first-order chi connectivity index (χ1) is 4.47. The highest BCUT2D eigenvalue weighted by molar-refractivity contribution is 5.90. The zero-order valence-electron chi connectivity index (χ0n) is 4.76. The maximum atomic E-state index is 3.85. The van der Waals surface area contributed by atoms with Gasteiger partial charge in [0.1, 0.15) is 5.69 Å². The molecule has 0 unspecified atom stereocenters. The lowest BCUT2D eigenvalue weighted by atomic mass is 10.2. The molecule has 1 aliphatic heterocycles. The minimum Gasteiger partial charge on any atom is -0.100 e. The molecule has 0 aromatic heterocycles. The third kappa shape index (κ3) is 0.598. The third-order valence-electron chi connectivity index (χ3n) is 1.27. The topological polar surface area (TPSA) is 26.1 Å². The summed E-state index contributed by atoms with van der Waals surface area (Å²) in [6.07, 6.45) is 1.76. The number of anilines is 1. The van der Waals surface area contributed by atoms with Gasteiger partial charge in [-0.15, -0.1) is 5.43 Å². The normalized spacial score (nSPS) is 12.9. The zero-order chi connectivity index (χ0) is 6.10. The average Bonchev–Trinajstić information content (AvgIpc) is 2.33. The van der Waals surface area contributed by atoms with Gasteiger partial charge in [0.2, 0.25) is 0 Å². The van der Waals surface area contributed by atoms with Gasteiger partial charge in [0.25, 0.3) is 6.21 Å². The number of hydrogen-bond donors (Lipinski definition) is 1. The van der Waals surface area contributed by atoms with Gasteiger partial charge in [0.15, 0.2) is 5.10 Å². The summed E-state index contributed by atoms with van der Waals surface area (Å²) in [6, 6.07) is 8.81. The molecule has 1 aromatic carbocycles.